The van der Waals surface area contributed by atoms with E-state index in [-0.39, 0.29) is 6.10 Å². The van der Waals surface area contributed by atoms with Crippen molar-refractivity contribution in [1.29, 1.82) is 0 Å². The van der Waals surface area contributed by atoms with Gasteiger partial charge in [-0.05, 0) is 31.7 Å². The van der Waals surface area contributed by atoms with Gasteiger partial charge in [0, 0.05) is 24.3 Å². The summed E-state index contributed by atoms with van der Waals surface area (Å²) in [5.74, 6) is 0.691. The molecule has 1 heterocycles. The molecule has 1 aromatic rings. The minimum Gasteiger partial charge on any atom is -0.481 e. The Bertz CT molecular complexity index is 349. The van der Waals surface area contributed by atoms with E-state index in [1.807, 2.05) is 12.1 Å². The van der Waals surface area contributed by atoms with Crippen LogP contribution in [0.4, 0.5) is 0 Å². The molecule has 0 radical (unpaired) electrons. The third-order valence-electron chi connectivity index (χ3n) is 3.32. The van der Waals surface area contributed by atoms with Gasteiger partial charge in [-0.2, -0.15) is 0 Å². The molecule has 0 unspecified atom stereocenters. The van der Waals surface area contributed by atoms with Crippen LogP contribution >= 0.6 is 0 Å². The van der Waals surface area contributed by atoms with E-state index in [1.54, 1.807) is 13.3 Å². The van der Waals surface area contributed by atoms with Crippen molar-refractivity contribution >= 4 is 0 Å². The summed E-state index contributed by atoms with van der Waals surface area (Å²) in [7, 11) is 1.64. The van der Waals surface area contributed by atoms with E-state index >= 15 is 0 Å². The van der Waals surface area contributed by atoms with Gasteiger partial charge in [-0.15, -0.1) is 0 Å². The topological polar surface area (TPSA) is 54.4 Å². The maximum absolute atomic E-state index is 9.44. The van der Waals surface area contributed by atoms with Gasteiger partial charge in [0.15, 0.2) is 0 Å². The lowest BCUT2D eigenvalue weighted by atomic mass is 9.93. The number of methoxy groups -OCH3 is 1. The van der Waals surface area contributed by atoms with Crippen molar-refractivity contribution in [2.24, 2.45) is 0 Å². The first-order valence-corrected chi connectivity index (χ1v) is 6.19. The van der Waals surface area contributed by atoms with Crippen molar-refractivity contribution in [3.05, 3.63) is 23.9 Å². The minimum absolute atomic E-state index is 0.0963. The summed E-state index contributed by atoms with van der Waals surface area (Å²) in [5.41, 5.74) is 1.08. The molecule has 2 rings (SSSR count). The first kappa shape index (κ1) is 12.3. The molecular formula is C13H20N2O2. The molecule has 1 aliphatic carbocycles. The summed E-state index contributed by atoms with van der Waals surface area (Å²) in [6.45, 7) is 0.776. The van der Waals surface area contributed by atoms with Crippen LogP contribution in [0.2, 0.25) is 0 Å². The molecule has 2 N–H and O–H groups in total. The Kier molecular flexibility index (Phi) is 4.34. The summed E-state index contributed by atoms with van der Waals surface area (Å²) in [6.07, 6.45) is 5.54. The van der Waals surface area contributed by atoms with Crippen LogP contribution in [0.3, 0.4) is 0 Å². The summed E-state index contributed by atoms with van der Waals surface area (Å²) >= 11 is 0. The second-order valence-corrected chi connectivity index (χ2v) is 4.56. The highest BCUT2D eigenvalue weighted by molar-refractivity contribution is 5.25. The summed E-state index contributed by atoms with van der Waals surface area (Å²) < 4.78 is 5.21. The normalized spacial score (nSPS) is 24.6. The maximum Gasteiger partial charge on any atom is 0.217 e. The van der Waals surface area contributed by atoms with E-state index in [2.05, 4.69) is 10.3 Å². The third-order valence-corrected chi connectivity index (χ3v) is 3.32. The molecule has 1 saturated carbocycles. The number of aliphatic hydroxyl groups excluding tert-OH is 1. The largest absolute Gasteiger partial charge is 0.481 e. The highest BCUT2D eigenvalue weighted by Crippen LogP contribution is 2.20. The van der Waals surface area contributed by atoms with Crippen molar-refractivity contribution in [3.63, 3.8) is 0 Å². The predicted molar refractivity (Wildman–Crippen MR) is 65.9 cm³/mol. The standard InChI is InChI=1S/C13H20N2O2/c1-17-13-10(3-2-8-14-13)9-15-11-4-6-12(16)7-5-11/h2-3,8,11-12,15-16H,4-7,9H2,1H3. The first-order chi connectivity index (χ1) is 8.29. The molecule has 0 atom stereocenters. The fourth-order valence-electron chi connectivity index (χ4n) is 2.28. The van der Waals surface area contributed by atoms with Crippen molar-refractivity contribution in [2.75, 3.05) is 7.11 Å². The Balaban J connectivity index is 1.85. The number of aliphatic hydroxyl groups is 1. The van der Waals surface area contributed by atoms with Crippen molar-refractivity contribution in [3.8, 4) is 5.88 Å². The van der Waals surface area contributed by atoms with E-state index in [9.17, 15) is 5.11 Å². The molecule has 1 fully saturated rings. The molecule has 17 heavy (non-hydrogen) atoms. The van der Waals surface area contributed by atoms with E-state index < -0.39 is 0 Å². The van der Waals surface area contributed by atoms with Crippen molar-refractivity contribution < 1.29 is 9.84 Å². The van der Waals surface area contributed by atoms with Crippen LogP contribution in [0, 0.1) is 0 Å². The second kappa shape index (κ2) is 5.98. The van der Waals surface area contributed by atoms with Crippen molar-refractivity contribution in [1.82, 2.24) is 10.3 Å². The average molecular weight is 236 g/mol. The van der Waals surface area contributed by atoms with E-state index in [4.69, 9.17) is 4.74 Å². The van der Waals surface area contributed by atoms with Crippen LogP contribution in [0.25, 0.3) is 0 Å². The Morgan fingerprint density at radius 3 is 2.88 bits per heavy atom. The molecule has 4 heteroatoms. The molecule has 0 bridgehead atoms. The number of ether oxygens (including phenoxy) is 1. The molecule has 0 aliphatic heterocycles. The van der Waals surface area contributed by atoms with Gasteiger partial charge in [0.25, 0.3) is 0 Å². The number of aromatic nitrogens is 1. The molecule has 1 aromatic heterocycles. The minimum atomic E-state index is -0.0963. The van der Waals surface area contributed by atoms with Crippen LogP contribution in [0.1, 0.15) is 31.2 Å². The lowest BCUT2D eigenvalue weighted by molar-refractivity contribution is 0.116. The molecular weight excluding hydrogens is 216 g/mol. The zero-order valence-electron chi connectivity index (χ0n) is 10.2. The summed E-state index contributed by atoms with van der Waals surface area (Å²) in [4.78, 5) is 4.17. The van der Waals surface area contributed by atoms with Gasteiger partial charge in [0.05, 0.1) is 13.2 Å². The van der Waals surface area contributed by atoms with Gasteiger partial charge in [-0.1, -0.05) is 6.07 Å². The maximum atomic E-state index is 9.44. The summed E-state index contributed by atoms with van der Waals surface area (Å²) in [5, 5.41) is 12.9. The van der Waals surface area contributed by atoms with Gasteiger partial charge in [-0.25, -0.2) is 4.98 Å². The molecule has 0 aromatic carbocycles. The Morgan fingerprint density at radius 1 is 1.41 bits per heavy atom. The third kappa shape index (κ3) is 3.41. The van der Waals surface area contributed by atoms with Gasteiger partial charge >= 0.3 is 0 Å². The van der Waals surface area contributed by atoms with Gasteiger partial charge in [0.1, 0.15) is 0 Å². The van der Waals surface area contributed by atoms with Crippen LogP contribution in [-0.4, -0.2) is 29.3 Å². The highest BCUT2D eigenvalue weighted by atomic mass is 16.5. The Hall–Kier alpha value is -1.13. The number of rotatable bonds is 4. The Labute approximate surface area is 102 Å². The number of hydrogen-bond donors (Lipinski definition) is 2. The zero-order chi connectivity index (χ0) is 12.1. The van der Waals surface area contributed by atoms with Crippen molar-refractivity contribution in [2.45, 2.75) is 44.4 Å². The summed E-state index contributed by atoms with van der Waals surface area (Å²) in [6, 6.07) is 4.45. The van der Waals surface area contributed by atoms with E-state index in [1.165, 1.54) is 0 Å². The van der Waals surface area contributed by atoms with Gasteiger partial charge in [-0.3, -0.25) is 0 Å². The first-order valence-electron chi connectivity index (χ1n) is 6.19. The lowest BCUT2D eigenvalue weighted by Crippen LogP contribution is -2.34. The smallest absolute Gasteiger partial charge is 0.217 e. The van der Waals surface area contributed by atoms with Gasteiger partial charge in [0.2, 0.25) is 5.88 Å². The van der Waals surface area contributed by atoms with Crippen LogP contribution in [0.15, 0.2) is 18.3 Å². The number of hydrogen-bond acceptors (Lipinski definition) is 4. The molecule has 0 amide bonds. The second-order valence-electron chi connectivity index (χ2n) is 4.56. The van der Waals surface area contributed by atoms with Crippen LogP contribution in [0.5, 0.6) is 5.88 Å². The quantitative estimate of drug-likeness (QED) is 0.831. The monoisotopic (exact) mass is 236 g/mol. The fraction of sp³-hybridized carbons (Fsp3) is 0.615. The lowest BCUT2D eigenvalue weighted by Gasteiger charge is -2.26. The fourth-order valence-corrected chi connectivity index (χ4v) is 2.28. The molecule has 94 valence electrons. The number of nitrogens with one attached hydrogen (secondary N) is 1. The highest BCUT2D eigenvalue weighted by Gasteiger charge is 2.19. The number of pyridine rings is 1. The van der Waals surface area contributed by atoms with Crippen LogP contribution in [-0.2, 0) is 6.54 Å². The van der Waals surface area contributed by atoms with E-state index in [0.29, 0.717) is 11.9 Å². The molecule has 0 saturated heterocycles. The molecule has 4 nitrogen and oxygen atoms in total. The van der Waals surface area contributed by atoms with Crippen LogP contribution < -0.4 is 10.1 Å². The average Bonchev–Trinajstić information content (AvgIpc) is 2.38. The zero-order valence-corrected chi connectivity index (χ0v) is 10.2. The van der Waals surface area contributed by atoms with Gasteiger partial charge < -0.3 is 15.2 Å². The van der Waals surface area contributed by atoms with E-state index in [0.717, 1.165) is 37.8 Å². The predicted octanol–water partition coefficient (Wildman–Crippen LogP) is 1.48. The molecule has 0 spiro atoms. The Morgan fingerprint density at radius 2 is 2.18 bits per heavy atom. The SMILES string of the molecule is COc1ncccc1CNC1CCC(O)CC1. The number of nitrogens with zero attached hydrogens (tertiary/aromatic N) is 1. The molecule has 1 aliphatic rings.